The molecule has 0 amide bonds. The molecule has 0 aromatic heterocycles. The Morgan fingerprint density at radius 3 is 2.70 bits per heavy atom. The minimum Gasteiger partial charge on any atom is -0.310 e. The quantitative estimate of drug-likeness (QED) is 0.577. The lowest BCUT2D eigenvalue weighted by molar-refractivity contribution is 0.502. The van der Waals surface area contributed by atoms with Crippen LogP contribution in [0.5, 0.6) is 0 Å². The van der Waals surface area contributed by atoms with E-state index in [1.54, 1.807) is 0 Å². The van der Waals surface area contributed by atoms with Crippen LogP contribution < -0.4 is 5.32 Å². The zero-order valence-corrected chi connectivity index (χ0v) is 13.4. The fraction of sp³-hybridized carbons (Fsp3) is 0.333. The van der Waals surface area contributed by atoms with Gasteiger partial charge < -0.3 is 5.32 Å². The van der Waals surface area contributed by atoms with Gasteiger partial charge in [0.25, 0.3) is 0 Å². The molecule has 2 heteroatoms. The van der Waals surface area contributed by atoms with Gasteiger partial charge >= 0.3 is 0 Å². The van der Waals surface area contributed by atoms with Gasteiger partial charge in [0.15, 0.2) is 0 Å². The molecule has 1 unspecified atom stereocenters. The molecule has 104 valence electrons. The van der Waals surface area contributed by atoms with Crippen molar-refractivity contribution < 1.29 is 0 Å². The second kappa shape index (κ2) is 7.47. The van der Waals surface area contributed by atoms with Crippen LogP contribution in [0.4, 0.5) is 0 Å². The molecule has 0 aliphatic heterocycles. The molecule has 1 N–H and O–H groups in total. The molecular formula is C18H20BrN. The second-order valence-electron chi connectivity index (χ2n) is 4.96. The largest absolute Gasteiger partial charge is 0.310 e. The van der Waals surface area contributed by atoms with Crippen molar-refractivity contribution in [3.63, 3.8) is 0 Å². The summed E-state index contributed by atoms with van der Waals surface area (Å²) >= 11 is 3.52. The van der Waals surface area contributed by atoms with Crippen molar-refractivity contribution >= 4 is 26.7 Å². The number of terminal acetylenes is 1. The fourth-order valence-corrected chi connectivity index (χ4v) is 2.87. The Kier molecular flexibility index (Phi) is 5.64. The van der Waals surface area contributed by atoms with Crippen LogP contribution in [0.1, 0.15) is 37.8 Å². The smallest absolute Gasteiger partial charge is 0.0320 e. The normalized spacial score (nSPS) is 12.2. The first-order valence-corrected chi connectivity index (χ1v) is 7.90. The van der Waals surface area contributed by atoms with Crippen molar-refractivity contribution in [1.29, 1.82) is 0 Å². The van der Waals surface area contributed by atoms with Gasteiger partial charge in [-0.05, 0) is 53.9 Å². The van der Waals surface area contributed by atoms with Crippen LogP contribution in [0.15, 0.2) is 40.9 Å². The molecule has 1 atom stereocenters. The molecule has 2 aromatic carbocycles. The van der Waals surface area contributed by atoms with Crippen molar-refractivity contribution in [3.05, 3.63) is 46.4 Å². The van der Waals surface area contributed by atoms with Gasteiger partial charge in [-0.15, -0.1) is 12.3 Å². The molecule has 20 heavy (non-hydrogen) atoms. The van der Waals surface area contributed by atoms with Crippen LogP contribution in [-0.4, -0.2) is 6.54 Å². The summed E-state index contributed by atoms with van der Waals surface area (Å²) in [7, 11) is 0. The lowest BCUT2D eigenvalue weighted by atomic mass is 9.98. The highest BCUT2D eigenvalue weighted by Crippen LogP contribution is 2.26. The van der Waals surface area contributed by atoms with E-state index in [-0.39, 0.29) is 0 Å². The van der Waals surface area contributed by atoms with E-state index in [0.29, 0.717) is 6.04 Å². The molecule has 0 radical (unpaired) electrons. The first-order valence-electron chi connectivity index (χ1n) is 7.10. The molecule has 0 aliphatic rings. The van der Waals surface area contributed by atoms with Gasteiger partial charge in [-0.1, -0.05) is 41.1 Å². The molecule has 2 aromatic rings. The Morgan fingerprint density at radius 1 is 1.20 bits per heavy atom. The molecule has 0 spiro atoms. The minimum atomic E-state index is 0.390. The van der Waals surface area contributed by atoms with Crippen LogP contribution in [-0.2, 0) is 0 Å². The highest BCUT2D eigenvalue weighted by Gasteiger charge is 2.10. The van der Waals surface area contributed by atoms with Crippen molar-refractivity contribution in [2.75, 3.05) is 6.54 Å². The van der Waals surface area contributed by atoms with Crippen molar-refractivity contribution in [2.24, 2.45) is 0 Å². The third-order valence-electron chi connectivity index (χ3n) is 3.49. The minimum absolute atomic E-state index is 0.390. The predicted molar refractivity (Wildman–Crippen MR) is 90.7 cm³/mol. The SMILES string of the molecule is C#CCCCC(NCC)c1ccc2cc(Br)ccc2c1. The van der Waals surface area contributed by atoms with Crippen molar-refractivity contribution in [2.45, 2.75) is 32.2 Å². The number of nitrogens with one attached hydrogen (secondary N) is 1. The average molecular weight is 330 g/mol. The van der Waals surface area contributed by atoms with E-state index in [4.69, 9.17) is 6.42 Å². The summed E-state index contributed by atoms with van der Waals surface area (Å²) in [6.07, 6.45) is 8.34. The molecule has 2 rings (SSSR count). The Morgan fingerprint density at radius 2 is 1.95 bits per heavy atom. The standard InChI is InChI=1S/C18H20BrN/c1-3-5-6-7-18(20-4-2)16-9-8-15-13-17(19)11-10-14(15)12-16/h1,8-13,18,20H,4-7H2,2H3. The van der Waals surface area contributed by atoms with E-state index >= 15 is 0 Å². The Labute approximate surface area is 129 Å². The number of rotatable bonds is 6. The molecule has 0 saturated heterocycles. The van der Waals surface area contributed by atoms with Crippen molar-refractivity contribution in [1.82, 2.24) is 5.32 Å². The maximum absolute atomic E-state index is 5.34. The first-order chi connectivity index (χ1) is 9.74. The monoisotopic (exact) mass is 329 g/mol. The zero-order valence-electron chi connectivity index (χ0n) is 11.8. The number of fused-ring (bicyclic) bond motifs is 1. The van der Waals surface area contributed by atoms with Crippen LogP contribution in [0.3, 0.4) is 0 Å². The topological polar surface area (TPSA) is 12.0 Å². The summed E-state index contributed by atoms with van der Waals surface area (Å²) in [5, 5.41) is 6.10. The van der Waals surface area contributed by atoms with Gasteiger partial charge in [0, 0.05) is 16.9 Å². The van der Waals surface area contributed by atoms with Crippen LogP contribution in [0.25, 0.3) is 10.8 Å². The van der Waals surface area contributed by atoms with Gasteiger partial charge in [0.2, 0.25) is 0 Å². The number of benzene rings is 2. The van der Waals surface area contributed by atoms with Gasteiger partial charge in [-0.2, -0.15) is 0 Å². The lowest BCUT2D eigenvalue weighted by Crippen LogP contribution is -2.20. The summed E-state index contributed by atoms with van der Waals surface area (Å²) in [6.45, 7) is 3.12. The summed E-state index contributed by atoms with van der Waals surface area (Å²) < 4.78 is 1.12. The number of hydrogen-bond acceptors (Lipinski definition) is 1. The number of hydrogen-bond donors (Lipinski definition) is 1. The van der Waals surface area contributed by atoms with Gasteiger partial charge in [-0.25, -0.2) is 0 Å². The number of halogens is 1. The van der Waals surface area contributed by atoms with Crippen LogP contribution in [0.2, 0.25) is 0 Å². The van der Waals surface area contributed by atoms with E-state index in [2.05, 4.69) is 70.5 Å². The lowest BCUT2D eigenvalue weighted by Gasteiger charge is -2.18. The average Bonchev–Trinajstić information content (AvgIpc) is 2.46. The molecule has 0 bridgehead atoms. The summed E-state index contributed by atoms with van der Waals surface area (Å²) in [5.41, 5.74) is 1.35. The third-order valence-corrected chi connectivity index (χ3v) is 3.99. The van der Waals surface area contributed by atoms with E-state index in [1.807, 2.05) is 0 Å². The van der Waals surface area contributed by atoms with Gasteiger partial charge in [0.1, 0.15) is 0 Å². The van der Waals surface area contributed by atoms with Crippen molar-refractivity contribution in [3.8, 4) is 12.3 Å². The maximum atomic E-state index is 5.34. The van der Waals surface area contributed by atoms with Crippen LogP contribution >= 0.6 is 15.9 Å². The summed E-state index contributed by atoms with van der Waals surface area (Å²) in [4.78, 5) is 0. The van der Waals surface area contributed by atoms with Gasteiger partial charge in [-0.3, -0.25) is 0 Å². The highest BCUT2D eigenvalue weighted by atomic mass is 79.9. The second-order valence-corrected chi connectivity index (χ2v) is 5.87. The molecule has 0 aliphatic carbocycles. The van der Waals surface area contributed by atoms with E-state index in [9.17, 15) is 0 Å². The van der Waals surface area contributed by atoms with Gasteiger partial charge in [0.05, 0.1) is 0 Å². The maximum Gasteiger partial charge on any atom is 0.0320 e. The highest BCUT2D eigenvalue weighted by molar-refractivity contribution is 9.10. The Hall–Kier alpha value is -1.30. The fourth-order valence-electron chi connectivity index (χ4n) is 2.49. The molecule has 0 heterocycles. The summed E-state index contributed by atoms with van der Waals surface area (Å²) in [5.74, 6) is 2.72. The first kappa shape index (κ1) is 15.1. The molecular weight excluding hydrogens is 310 g/mol. The summed E-state index contributed by atoms with van der Waals surface area (Å²) in [6, 6.07) is 13.5. The van der Waals surface area contributed by atoms with E-state index < -0.39 is 0 Å². The zero-order chi connectivity index (χ0) is 14.4. The molecule has 0 saturated carbocycles. The number of unbranched alkanes of at least 4 members (excludes halogenated alkanes) is 1. The van der Waals surface area contributed by atoms with E-state index in [1.165, 1.54) is 16.3 Å². The predicted octanol–water partition coefficient (Wildman–Crippen LogP) is 5.06. The molecule has 0 fully saturated rings. The molecule has 1 nitrogen and oxygen atoms in total. The third kappa shape index (κ3) is 3.85. The van der Waals surface area contributed by atoms with E-state index in [0.717, 1.165) is 30.3 Å². The Balaban J connectivity index is 2.24. The Bertz CT molecular complexity index is 612. The van der Waals surface area contributed by atoms with Crippen LogP contribution in [0, 0.1) is 12.3 Å².